The fourth-order valence-corrected chi connectivity index (χ4v) is 3.18. The lowest BCUT2D eigenvalue weighted by Gasteiger charge is -2.15. The first-order valence-electron chi connectivity index (χ1n) is 8.58. The summed E-state index contributed by atoms with van der Waals surface area (Å²) in [4.78, 5) is 15.6. The van der Waals surface area contributed by atoms with E-state index in [1.807, 2.05) is 54.6 Å². The molecule has 4 N–H and O–H groups in total. The van der Waals surface area contributed by atoms with Crippen molar-refractivity contribution in [2.24, 2.45) is 11.5 Å². The number of fused-ring (bicyclic) bond motifs is 1. The molecule has 0 fully saturated rings. The highest BCUT2D eigenvalue weighted by Gasteiger charge is 2.18. The predicted octanol–water partition coefficient (Wildman–Crippen LogP) is 3.65. The molecule has 0 spiro atoms. The topological polar surface area (TPSA) is 108 Å². The summed E-state index contributed by atoms with van der Waals surface area (Å²) in [7, 11) is 0. The second-order valence-corrected chi connectivity index (χ2v) is 6.30. The summed E-state index contributed by atoms with van der Waals surface area (Å²) >= 11 is 0. The number of carbonyl (C=O) groups excluding carboxylic acids is 1. The Hall–Kier alpha value is -3.22. The minimum atomic E-state index is -0.556. The van der Waals surface area contributed by atoms with Crippen LogP contribution in [0.2, 0.25) is 0 Å². The molecule has 1 unspecified atom stereocenters. The first-order valence-corrected chi connectivity index (χ1v) is 8.58. The van der Waals surface area contributed by atoms with Crippen LogP contribution in [-0.4, -0.2) is 16.0 Å². The molecular formula is C21H19ClN4O2. The summed E-state index contributed by atoms with van der Waals surface area (Å²) in [6, 6.07) is 20.4. The van der Waals surface area contributed by atoms with Crippen LogP contribution in [-0.2, 0) is 6.42 Å². The third kappa shape index (κ3) is 3.74. The molecule has 2 heterocycles. The van der Waals surface area contributed by atoms with Gasteiger partial charge in [0.15, 0.2) is 5.58 Å². The number of hydrogen-bond donors (Lipinski definition) is 2. The van der Waals surface area contributed by atoms with Gasteiger partial charge in [0.2, 0.25) is 0 Å². The largest absolute Gasteiger partial charge is 0.364 e. The van der Waals surface area contributed by atoms with E-state index >= 15 is 0 Å². The number of primary amides is 1. The predicted molar refractivity (Wildman–Crippen MR) is 110 cm³/mol. The molecule has 0 radical (unpaired) electrons. The number of rotatable bonds is 5. The van der Waals surface area contributed by atoms with Crippen LogP contribution in [0.5, 0.6) is 0 Å². The van der Waals surface area contributed by atoms with Crippen molar-refractivity contribution in [3.8, 4) is 11.3 Å². The zero-order valence-electron chi connectivity index (χ0n) is 14.9. The summed E-state index contributed by atoms with van der Waals surface area (Å²) in [5, 5.41) is 5.18. The molecule has 7 heteroatoms. The molecule has 4 rings (SSSR count). The van der Waals surface area contributed by atoms with Crippen LogP contribution in [0, 0.1) is 0 Å². The molecule has 4 aromatic rings. The normalized spacial score (nSPS) is 11.8. The van der Waals surface area contributed by atoms with E-state index in [2.05, 4.69) is 10.1 Å². The van der Waals surface area contributed by atoms with Crippen molar-refractivity contribution in [2.75, 3.05) is 0 Å². The molecule has 0 aliphatic heterocycles. The van der Waals surface area contributed by atoms with E-state index in [1.54, 1.807) is 12.1 Å². The van der Waals surface area contributed by atoms with E-state index in [-0.39, 0.29) is 24.1 Å². The number of nitrogens with two attached hydrogens (primary N) is 2. The van der Waals surface area contributed by atoms with E-state index in [0.717, 1.165) is 27.8 Å². The maximum Gasteiger partial charge on any atom is 0.267 e. The highest BCUT2D eigenvalue weighted by Crippen LogP contribution is 2.33. The first kappa shape index (κ1) is 19.5. The van der Waals surface area contributed by atoms with Gasteiger partial charge in [0.1, 0.15) is 11.4 Å². The van der Waals surface area contributed by atoms with Crippen molar-refractivity contribution >= 4 is 29.3 Å². The Morgan fingerprint density at radius 3 is 2.57 bits per heavy atom. The van der Waals surface area contributed by atoms with Gasteiger partial charge >= 0.3 is 0 Å². The molecule has 0 saturated carbocycles. The lowest BCUT2D eigenvalue weighted by atomic mass is 9.94. The smallest absolute Gasteiger partial charge is 0.267 e. The van der Waals surface area contributed by atoms with Gasteiger partial charge in [-0.2, -0.15) is 0 Å². The van der Waals surface area contributed by atoms with E-state index in [0.29, 0.717) is 12.1 Å². The van der Waals surface area contributed by atoms with E-state index in [4.69, 9.17) is 16.0 Å². The van der Waals surface area contributed by atoms with Crippen molar-refractivity contribution in [3.05, 3.63) is 83.7 Å². The SMILES string of the molecule is Cl.NC(=O)c1cccc(CC(N)c2ccccc2-c2noc3ccccc23)n1. The molecule has 2 aromatic heterocycles. The average molecular weight is 395 g/mol. The molecule has 2 aromatic carbocycles. The highest BCUT2D eigenvalue weighted by molar-refractivity contribution is 5.92. The maximum absolute atomic E-state index is 11.4. The van der Waals surface area contributed by atoms with Gasteiger partial charge in [0.25, 0.3) is 5.91 Å². The summed E-state index contributed by atoms with van der Waals surface area (Å²) in [6.07, 6.45) is 0.466. The third-order valence-electron chi connectivity index (χ3n) is 4.48. The zero-order chi connectivity index (χ0) is 18.8. The Bertz CT molecular complexity index is 1130. The number of carbonyl (C=O) groups is 1. The first-order chi connectivity index (χ1) is 13.1. The van der Waals surface area contributed by atoms with Crippen LogP contribution in [0.4, 0.5) is 0 Å². The maximum atomic E-state index is 11.4. The zero-order valence-corrected chi connectivity index (χ0v) is 15.7. The van der Waals surface area contributed by atoms with E-state index in [1.165, 1.54) is 0 Å². The van der Waals surface area contributed by atoms with Crippen LogP contribution >= 0.6 is 12.4 Å². The third-order valence-corrected chi connectivity index (χ3v) is 4.48. The lowest BCUT2D eigenvalue weighted by molar-refractivity contribution is 0.0995. The number of pyridine rings is 1. The standard InChI is InChI=1S/C21H18N4O2.ClH/c22-17(12-13-6-5-10-18(24-13)21(23)26)14-7-1-2-8-15(14)20-16-9-3-4-11-19(16)27-25-20;/h1-11,17H,12,22H2,(H2,23,26);1H. The van der Waals surface area contributed by atoms with Gasteiger partial charge in [-0.3, -0.25) is 4.79 Å². The number of aromatic nitrogens is 2. The Labute approximate surface area is 168 Å². The Balaban J connectivity index is 0.00000225. The highest BCUT2D eigenvalue weighted by atomic mass is 35.5. The van der Waals surface area contributed by atoms with Crippen LogP contribution in [0.3, 0.4) is 0 Å². The van der Waals surface area contributed by atoms with Gasteiger partial charge in [0, 0.05) is 29.1 Å². The number of nitrogens with zero attached hydrogens (tertiary/aromatic N) is 2. The van der Waals surface area contributed by atoms with Crippen molar-refractivity contribution in [3.63, 3.8) is 0 Å². The minimum absolute atomic E-state index is 0. The number of hydrogen-bond acceptors (Lipinski definition) is 5. The minimum Gasteiger partial charge on any atom is -0.364 e. The van der Waals surface area contributed by atoms with Crippen LogP contribution in [0.15, 0.2) is 71.3 Å². The Morgan fingerprint density at radius 1 is 1.00 bits per heavy atom. The van der Waals surface area contributed by atoms with Crippen molar-refractivity contribution in [2.45, 2.75) is 12.5 Å². The molecule has 0 bridgehead atoms. The van der Waals surface area contributed by atoms with Gasteiger partial charge in [-0.15, -0.1) is 12.4 Å². The molecule has 1 amide bonds. The molecule has 0 aliphatic rings. The molecule has 1 atom stereocenters. The summed E-state index contributed by atoms with van der Waals surface area (Å²) in [5.41, 5.74) is 16.1. The second kappa shape index (κ2) is 8.21. The van der Waals surface area contributed by atoms with Crippen molar-refractivity contribution < 1.29 is 9.32 Å². The van der Waals surface area contributed by atoms with E-state index < -0.39 is 5.91 Å². The lowest BCUT2D eigenvalue weighted by Crippen LogP contribution is -2.18. The van der Waals surface area contributed by atoms with Crippen LogP contribution < -0.4 is 11.5 Å². The molecule has 6 nitrogen and oxygen atoms in total. The summed E-state index contributed by atoms with van der Waals surface area (Å²) in [6.45, 7) is 0. The van der Waals surface area contributed by atoms with Gasteiger partial charge < -0.3 is 16.0 Å². The number of para-hydroxylation sites is 1. The monoisotopic (exact) mass is 394 g/mol. The van der Waals surface area contributed by atoms with Gasteiger partial charge in [-0.05, 0) is 29.8 Å². The number of amides is 1. The fraction of sp³-hybridized carbons (Fsp3) is 0.0952. The summed E-state index contributed by atoms with van der Waals surface area (Å²) in [5.74, 6) is -0.556. The molecular weight excluding hydrogens is 376 g/mol. The molecule has 142 valence electrons. The molecule has 0 aliphatic carbocycles. The van der Waals surface area contributed by atoms with Crippen molar-refractivity contribution in [1.82, 2.24) is 10.1 Å². The van der Waals surface area contributed by atoms with Crippen LogP contribution in [0.25, 0.3) is 22.2 Å². The van der Waals surface area contributed by atoms with Gasteiger partial charge in [-0.1, -0.05) is 47.6 Å². The number of benzene rings is 2. The number of halogens is 1. The van der Waals surface area contributed by atoms with E-state index in [9.17, 15) is 4.79 Å². The Kier molecular flexibility index (Phi) is 5.73. The van der Waals surface area contributed by atoms with Gasteiger partial charge in [-0.25, -0.2) is 4.98 Å². The Morgan fingerprint density at radius 2 is 1.75 bits per heavy atom. The molecule has 0 saturated heterocycles. The second-order valence-electron chi connectivity index (χ2n) is 6.30. The average Bonchev–Trinajstić information content (AvgIpc) is 3.12. The molecule has 28 heavy (non-hydrogen) atoms. The summed E-state index contributed by atoms with van der Waals surface area (Å²) < 4.78 is 5.44. The van der Waals surface area contributed by atoms with Crippen LogP contribution in [0.1, 0.15) is 27.8 Å². The van der Waals surface area contributed by atoms with Crippen molar-refractivity contribution in [1.29, 1.82) is 0 Å². The quantitative estimate of drug-likeness (QED) is 0.537. The van der Waals surface area contributed by atoms with Gasteiger partial charge in [0.05, 0.1) is 0 Å². The fourth-order valence-electron chi connectivity index (χ4n) is 3.18.